The molecule has 234 valence electrons. The van der Waals surface area contributed by atoms with Crippen LogP contribution in [0.4, 0.5) is 15.3 Å². The third-order valence-electron chi connectivity index (χ3n) is 6.59. The van der Waals surface area contributed by atoms with Crippen LogP contribution in [-0.4, -0.2) is 75.4 Å². The number of ether oxygens (including phenoxy) is 2. The minimum absolute atomic E-state index is 0.0384. The van der Waals surface area contributed by atoms with Crippen molar-refractivity contribution in [1.82, 2.24) is 24.3 Å². The van der Waals surface area contributed by atoms with Crippen molar-refractivity contribution < 1.29 is 33.8 Å². The molecule has 0 spiro atoms. The molecular weight excluding hydrogens is 584 g/mol. The number of carbonyl (C=O) groups excluding carboxylic acids is 3. The standard InChI is InChI=1S/C31H32N6O8/c1-35(2)26(38)17-8-7-13-21(33-30(41)44-3)28(39)32-22-14-10-18-36(29(22)40)19-25-34-27-23(37(25)31(42)43)15-9-16-24(27)45-20-11-5-4-6-12-20/h4-6,8-12,14-18,21H,7,13,19H2,1-3H3,(H,32,39)(H,33,41)(H,42,43)/b17-8+/t21-/m0/s1. The number of amides is 3. The van der Waals surface area contributed by atoms with Gasteiger partial charge in [0.05, 0.1) is 19.2 Å². The fourth-order valence-corrected chi connectivity index (χ4v) is 4.33. The smallest absolute Gasteiger partial charge is 0.417 e. The highest BCUT2D eigenvalue weighted by molar-refractivity contribution is 5.96. The number of para-hydroxylation sites is 2. The van der Waals surface area contributed by atoms with Gasteiger partial charge in [0.15, 0.2) is 5.75 Å². The summed E-state index contributed by atoms with van der Waals surface area (Å²) < 4.78 is 12.7. The van der Waals surface area contributed by atoms with Gasteiger partial charge in [0.2, 0.25) is 11.8 Å². The molecule has 45 heavy (non-hydrogen) atoms. The summed E-state index contributed by atoms with van der Waals surface area (Å²) in [5.41, 5.74) is -0.191. The Hall–Kier alpha value is -5.92. The zero-order chi connectivity index (χ0) is 32.5. The zero-order valence-electron chi connectivity index (χ0n) is 24.8. The Morgan fingerprint density at radius 2 is 1.80 bits per heavy atom. The molecule has 0 aliphatic heterocycles. The number of alkyl carbamates (subject to hydrolysis) is 1. The molecule has 4 aromatic rings. The van der Waals surface area contributed by atoms with Gasteiger partial charge in [-0.25, -0.2) is 19.1 Å². The van der Waals surface area contributed by atoms with Crippen LogP contribution >= 0.6 is 0 Å². The van der Waals surface area contributed by atoms with Crippen LogP contribution in [0.1, 0.15) is 18.7 Å². The number of aromatic nitrogens is 3. The number of carboxylic acid groups (broad SMARTS) is 1. The third-order valence-corrected chi connectivity index (χ3v) is 6.59. The van der Waals surface area contributed by atoms with E-state index in [-0.39, 0.29) is 47.8 Å². The van der Waals surface area contributed by atoms with Crippen molar-refractivity contribution in [1.29, 1.82) is 0 Å². The number of pyridine rings is 1. The normalized spacial score (nSPS) is 11.6. The number of nitrogens with zero attached hydrogens (tertiary/aromatic N) is 4. The highest BCUT2D eigenvalue weighted by atomic mass is 16.5. The maximum Gasteiger partial charge on any atom is 0.417 e. The molecule has 3 amide bonds. The molecule has 3 N–H and O–H groups in total. The highest BCUT2D eigenvalue weighted by Crippen LogP contribution is 2.30. The molecule has 0 aliphatic rings. The van der Waals surface area contributed by atoms with E-state index in [0.29, 0.717) is 11.5 Å². The number of imidazole rings is 1. The van der Waals surface area contributed by atoms with Gasteiger partial charge < -0.3 is 34.7 Å². The lowest BCUT2D eigenvalue weighted by Crippen LogP contribution is -2.44. The van der Waals surface area contributed by atoms with E-state index in [1.54, 1.807) is 62.6 Å². The second-order valence-corrected chi connectivity index (χ2v) is 9.93. The molecule has 0 saturated heterocycles. The molecule has 14 nitrogen and oxygen atoms in total. The van der Waals surface area contributed by atoms with Gasteiger partial charge in [0, 0.05) is 20.3 Å². The van der Waals surface area contributed by atoms with Gasteiger partial charge in [-0.3, -0.25) is 14.4 Å². The average molecular weight is 617 g/mol. The molecule has 0 aliphatic carbocycles. The Balaban J connectivity index is 1.58. The summed E-state index contributed by atoms with van der Waals surface area (Å²) >= 11 is 0. The van der Waals surface area contributed by atoms with Gasteiger partial charge in [-0.2, -0.15) is 0 Å². The minimum atomic E-state index is -1.31. The summed E-state index contributed by atoms with van der Waals surface area (Å²) in [4.78, 5) is 68.4. The van der Waals surface area contributed by atoms with E-state index < -0.39 is 29.7 Å². The van der Waals surface area contributed by atoms with Gasteiger partial charge in [-0.15, -0.1) is 0 Å². The van der Waals surface area contributed by atoms with Gasteiger partial charge in [-0.1, -0.05) is 30.3 Å². The van der Waals surface area contributed by atoms with E-state index in [1.807, 2.05) is 6.07 Å². The summed E-state index contributed by atoms with van der Waals surface area (Å²) in [6.07, 6.45) is 2.57. The van der Waals surface area contributed by atoms with Gasteiger partial charge in [0.1, 0.15) is 28.8 Å². The second-order valence-electron chi connectivity index (χ2n) is 9.93. The number of methoxy groups -OCH3 is 1. The lowest BCUT2D eigenvalue weighted by atomic mass is 10.1. The van der Waals surface area contributed by atoms with Crippen LogP contribution in [0, 0.1) is 0 Å². The van der Waals surface area contributed by atoms with Crippen LogP contribution < -0.4 is 20.9 Å². The molecule has 2 aromatic heterocycles. The topological polar surface area (TPSA) is 174 Å². The zero-order valence-corrected chi connectivity index (χ0v) is 24.8. The van der Waals surface area contributed by atoms with E-state index in [4.69, 9.17) is 4.74 Å². The largest absolute Gasteiger partial charge is 0.464 e. The molecule has 4 rings (SSSR count). The van der Waals surface area contributed by atoms with Crippen LogP contribution in [0.5, 0.6) is 11.5 Å². The molecule has 2 heterocycles. The first-order valence-electron chi connectivity index (χ1n) is 13.8. The lowest BCUT2D eigenvalue weighted by molar-refractivity contribution is -0.123. The van der Waals surface area contributed by atoms with Crippen LogP contribution in [-0.2, 0) is 20.9 Å². The Morgan fingerprint density at radius 3 is 2.49 bits per heavy atom. The third kappa shape index (κ3) is 7.93. The lowest BCUT2D eigenvalue weighted by Gasteiger charge is -2.17. The van der Waals surface area contributed by atoms with Crippen LogP contribution in [0.3, 0.4) is 0 Å². The molecule has 0 saturated carbocycles. The number of allylic oxidation sites excluding steroid dienone is 1. The molecule has 2 aromatic carbocycles. The Kier molecular flexibility index (Phi) is 10.3. The van der Waals surface area contributed by atoms with Crippen LogP contribution in [0.25, 0.3) is 11.0 Å². The van der Waals surface area contributed by atoms with E-state index in [2.05, 4.69) is 20.4 Å². The number of likely N-dealkylation sites (N-methyl/N-ethyl adjacent to an activating group) is 1. The number of benzene rings is 2. The first-order valence-corrected chi connectivity index (χ1v) is 13.8. The minimum Gasteiger partial charge on any atom is -0.464 e. The SMILES string of the molecule is COC(=O)N[C@@H](CC/C=C/C(=O)N(C)C)C(=O)Nc1cccn(Cc2nc3c(Oc4ccccc4)cccc3n2C(=O)O)c1=O. The summed E-state index contributed by atoms with van der Waals surface area (Å²) in [6, 6.07) is 15.6. The van der Waals surface area contributed by atoms with Crippen molar-refractivity contribution in [2.24, 2.45) is 0 Å². The number of nitrogens with one attached hydrogen (secondary N) is 2. The number of hydrogen-bond acceptors (Lipinski definition) is 8. The number of fused-ring (bicyclic) bond motifs is 1. The Bertz CT molecular complexity index is 1790. The van der Waals surface area contributed by atoms with Gasteiger partial charge in [0.25, 0.3) is 5.56 Å². The molecule has 0 unspecified atom stereocenters. The first-order chi connectivity index (χ1) is 21.6. The maximum absolute atomic E-state index is 13.4. The molecule has 14 heteroatoms. The Morgan fingerprint density at radius 1 is 1.04 bits per heavy atom. The predicted octanol–water partition coefficient (Wildman–Crippen LogP) is 3.65. The van der Waals surface area contributed by atoms with Gasteiger partial charge >= 0.3 is 12.2 Å². The Labute approximate surface area is 257 Å². The molecular formula is C31H32N6O8. The van der Waals surface area contributed by atoms with Crippen LogP contribution in [0.15, 0.2) is 83.8 Å². The molecule has 0 fully saturated rings. The predicted molar refractivity (Wildman–Crippen MR) is 165 cm³/mol. The number of hydrogen-bond donors (Lipinski definition) is 3. The van der Waals surface area contributed by atoms with Crippen molar-refractivity contribution in [3.63, 3.8) is 0 Å². The summed E-state index contributed by atoms with van der Waals surface area (Å²) in [7, 11) is 4.35. The maximum atomic E-state index is 13.4. The van der Waals surface area contributed by atoms with E-state index >= 15 is 0 Å². The first kappa shape index (κ1) is 32.0. The van der Waals surface area contributed by atoms with Crippen molar-refractivity contribution in [3.8, 4) is 11.5 Å². The van der Waals surface area contributed by atoms with Crippen molar-refractivity contribution in [3.05, 3.63) is 95.2 Å². The highest BCUT2D eigenvalue weighted by Gasteiger charge is 2.23. The van der Waals surface area contributed by atoms with Crippen molar-refractivity contribution in [2.45, 2.75) is 25.4 Å². The van der Waals surface area contributed by atoms with Gasteiger partial charge in [-0.05, 0) is 55.3 Å². The van der Waals surface area contributed by atoms with Crippen molar-refractivity contribution in [2.75, 3.05) is 26.5 Å². The fourth-order valence-electron chi connectivity index (χ4n) is 4.33. The summed E-state index contributed by atoms with van der Waals surface area (Å²) in [6.45, 7) is -0.247. The number of carbonyl (C=O) groups is 4. The van der Waals surface area contributed by atoms with Crippen LogP contribution in [0.2, 0.25) is 0 Å². The number of anilines is 1. The average Bonchev–Trinajstić information content (AvgIpc) is 3.40. The quantitative estimate of drug-likeness (QED) is 0.213. The van der Waals surface area contributed by atoms with Crippen molar-refractivity contribution >= 4 is 40.7 Å². The monoisotopic (exact) mass is 616 g/mol. The fraction of sp³-hybridized carbons (Fsp3) is 0.226. The molecule has 0 bridgehead atoms. The molecule has 1 atom stereocenters. The number of rotatable bonds is 11. The summed E-state index contributed by atoms with van der Waals surface area (Å²) in [5.74, 6) is -0.0229. The van der Waals surface area contributed by atoms with E-state index in [0.717, 1.165) is 11.7 Å². The summed E-state index contributed by atoms with van der Waals surface area (Å²) in [5, 5.41) is 15.0. The second kappa shape index (κ2) is 14.5. The molecule has 0 radical (unpaired) electrons. The van der Waals surface area contributed by atoms with E-state index in [1.165, 1.54) is 33.9 Å². The van der Waals surface area contributed by atoms with E-state index in [9.17, 15) is 29.1 Å².